The van der Waals surface area contributed by atoms with Crippen molar-refractivity contribution in [1.82, 2.24) is 0 Å². The van der Waals surface area contributed by atoms with Gasteiger partial charge in [-0.25, -0.2) is 13.2 Å². The first-order valence-corrected chi connectivity index (χ1v) is 9.26. The van der Waals surface area contributed by atoms with Crippen LogP contribution in [0.4, 0.5) is 5.69 Å². The number of carbonyl (C=O) groups is 1. The maximum absolute atomic E-state index is 12.6. The van der Waals surface area contributed by atoms with Crippen LogP contribution in [-0.2, 0) is 10.0 Å². The Kier molecular flexibility index (Phi) is 4.60. The third kappa shape index (κ3) is 3.56. The van der Waals surface area contributed by atoms with E-state index in [1.807, 2.05) is 0 Å². The van der Waals surface area contributed by atoms with Crippen molar-refractivity contribution in [2.45, 2.75) is 4.90 Å². The van der Waals surface area contributed by atoms with Crippen LogP contribution < -0.4 is 4.72 Å². The van der Waals surface area contributed by atoms with E-state index < -0.39 is 16.0 Å². The van der Waals surface area contributed by atoms with E-state index >= 15 is 0 Å². The van der Waals surface area contributed by atoms with Crippen LogP contribution >= 0.6 is 23.2 Å². The lowest BCUT2D eigenvalue weighted by Crippen LogP contribution is -2.13. The summed E-state index contributed by atoms with van der Waals surface area (Å²) in [4.78, 5) is 11.3. The number of nitrogens with one attached hydrogen (secondary N) is 1. The summed E-state index contributed by atoms with van der Waals surface area (Å²) < 4.78 is 27.7. The van der Waals surface area contributed by atoms with Crippen molar-refractivity contribution in [2.24, 2.45) is 0 Å². The SMILES string of the molecule is O=C(O)c1ccc(NS(=O)(=O)c2cc(Cl)cc(Cl)c2)c2ccccc12. The zero-order valence-electron chi connectivity index (χ0n) is 12.5. The number of aromatic carboxylic acids is 1. The highest BCUT2D eigenvalue weighted by Gasteiger charge is 2.18. The maximum Gasteiger partial charge on any atom is 0.336 e. The van der Waals surface area contributed by atoms with E-state index in [1.54, 1.807) is 24.3 Å². The molecule has 0 unspecified atom stereocenters. The number of carboxylic acid groups (broad SMARTS) is 1. The van der Waals surface area contributed by atoms with Crippen LogP contribution in [0.3, 0.4) is 0 Å². The molecule has 0 heterocycles. The topological polar surface area (TPSA) is 83.5 Å². The van der Waals surface area contributed by atoms with Gasteiger partial charge in [-0.05, 0) is 35.7 Å². The minimum atomic E-state index is -3.95. The summed E-state index contributed by atoms with van der Waals surface area (Å²) in [5, 5.41) is 10.6. The maximum atomic E-state index is 12.6. The highest BCUT2D eigenvalue weighted by Crippen LogP contribution is 2.30. The van der Waals surface area contributed by atoms with Crippen molar-refractivity contribution in [2.75, 3.05) is 4.72 Å². The molecule has 3 aromatic carbocycles. The Labute approximate surface area is 153 Å². The highest BCUT2D eigenvalue weighted by atomic mass is 35.5. The molecule has 25 heavy (non-hydrogen) atoms. The number of anilines is 1. The molecule has 0 amide bonds. The second-order valence-electron chi connectivity index (χ2n) is 5.22. The second-order valence-corrected chi connectivity index (χ2v) is 7.78. The first kappa shape index (κ1) is 17.5. The van der Waals surface area contributed by atoms with Crippen molar-refractivity contribution in [3.8, 4) is 0 Å². The molecular weight excluding hydrogens is 385 g/mol. The normalized spacial score (nSPS) is 11.4. The molecule has 0 radical (unpaired) electrons. The van der Waals surface area contributed by atoms with E-state index in [0.717, 1.165) is 0 Å². The molecule has 5 nitrogen and oxygen atoms in total. The average Bonchev–Trinajstić information content (AvgIpc) is 2.53. The largest absolute Gasteiger partial charge is 0.478 e. The van der Waals surface area contributed by atoms with Crippen LogP contribution in [0, 0.1) is 0 Å². The minimum absolute atomic E-state index is 0.0867. The molecule has 0 aliphatic rings. The lowest BCUT2D eigenvalue weighted by Gasteiger charge is -2.12. The van der Waals surface area contributed by atoms with Crippen LogP contribution in [0.15, 0.2) is 59.5 Å². The van der Waals surface area contributed by atoms with E-state index in [-0.39, 0.29) is 26.2 Å². The van der Waals surface area contributed by atoms with E-state index in [0.29, 0.717) is 10.8 Å². The number of rotatable bonds is 4. The summed E-state index contributed by atoms with van der Waals surface area (Å²) >= 11 is 11.7. The number of hydrogen-bond donors (Lipinski definition) is 2. The van der Waals surface area contributed by atoms with Gasteiger partial charge in [-0.3, -0.25) is 4.72 Å². The number of carboxylic acids is 1. The van der Waals surface area contributed by atoms with Gasteiger partial charge >= 0.3 is 5.97 Å². The number of halogens is 2. The van der Waals surface area contributed by atoms with Crippen LogP contribution in [0.2, 0.25) is 10.0 Å². The van der Waals surface area contributed by atoms with Crippen molar-refractivity contribution in [1.29, 1.82) is 0 Å². The second kappa shape index (κ2) is 6.55. The Morgan fingerprint density at radius 3 is 2.12 bits per heavy atom. The monoisotopic (exact) mass is 395 g/mol. The number of fused-ring (bicyclic) bond motifs is 1. The standard InChI is InChI=1S/C17H11Cl2NO4S/c18-10-7-11(19)9-12(8-10)25(23,24)20-16-6-5-15(17(21)22)13-3-1-2-4-14(13)16/h1-9,20H,(H,21,22). The van der Waals surface area contributed by atoms with E-state index in [2.05, 4.69) is 4.72 Å². The molecule has 0 bridgehead atoms. The molecular formula is C17H11Cl2NO4S. The van der Waals surface area contributed by atoms with Gasteiger partial charge in [-0.2, -0.15) is 0 Å². The lowest BCUT2D eigenvalue weighted by atomic mass is 10.0. The molecule has 0 aromatic heterocycles. The van der Waals surface area contributed by atoms with Gasteiger partial charge in [0.15, 0.2) is 0 Å². The molecule has 0 aliphatic heterocycles. The smallest absolute Gasteiger partial charge is 0.336 e. The minimum Gasteiger partial charge on any atom is -0.478 e. The first-order valence-electron chi connectivity index (χ1n) is 7.02. The van der Waals surface area contributed by atoms with Crippen molar-refractivity contribution in [3.05, 3.63) is 70.2 Å². The Hall–Kier alpha value is -2.28. The Morgan fingerprint density at radius 1 is 0.920 bits per heavy atom. The van der Waals surface area contributed by atoms with Crippen LogP contribution in [0.25, 0.3) is 10.8 Å². The van der Waals surface area contributed by atoms with E-state index in [9.17, 15) is 18.3 Å². The summed E-state index contributed by atoms with van der Waals surface area (Å²) in [7, 11) is -3.95. The molecule has 0 saturated carbocycles. The van der Waals surface area contributed by atoms with Gasteiger partial charge in [-0.15, -0.1) is 0 Å². The Morgan fingerprint density at radius 2 is 1.52 bits per heavy atom. The summed E-state index contributed by atoms with van der Waals surface area (Å²) in [6, 6.07) is 13.4. The fourth-order valence-electron chi connectivity index (χ4n) is 2.46. The number of hydrogen-bond acceptors (Lipinski definition) is 3. The molecule has 2 N–H and O–H groups in total. The summed E-state index contributed by atoms with van der Waals surface area (Å²) in [6.07, 6.45) is 0. The predicted octanol–water partition coefficient (Wildman–Crippen LogP) is 4.65. The van der Waals surface area contributed by atoms with Gasteiger partial charge < -0.3 is 5.11 Å². The van der Waals surface area contributed by atoms with E-state index in [1.165, 1.54) is 30.3 Å². The molecule has 8 heteroatoms. The van der Waals surface area contributed by atoms with Crippen LogP contribution in [-0.4, -0.2) is 19.5 Å². The number of benzene rings is 3. The Bertz CT molecular complexity index is 1080. The summed E-state index contributed by atoms with van der Waals surface area (Å²) in [6.45, 7) is 0. The fourth-order valence-corrected chi connectivity index (χ4v) is 4.27. The lowest BCUT2D eigenvalue weighted by molar-refractivity contribution is 0.0699. The van der Waals surface area contributed by atoms with E-state index in [4.69, 9.17) is 23.2 Å². The third-order valence-electron chi connectivity index (χ3n) is 3.55. The summed E-state index contributed by atoms with van der Waals surface area (Å²) in [5.41, 5.74) is 0.348. The molecule has 0 aliphatic carbocycles. The Balaban J connectivity index is 2.12. The quantitative estimate of drug-likeness (QED) is 0.673. The average molecular weight is 396 g/mol. The van der Waals surface area contributed by atoms with Crippen molar-refractivity contribution >= 4 is 55.7 Å². The molecule has 3 rings (SSSR count). The van der Waals surface area contributed by atoms with Gasteiger partial charge in [0.05, 0.1) is 16.1 Å². The zero-order chi connectivity index (χ0) is 18.2. The molecule has 128 valence electrons. The van der Waals surface area contributed by atoms with Crippen LogP contribution in [0.5, 0.6) is 0 Å². The van der Waals surface area contributed by atoms with Gasteiger partial charge in [-0.1, -0.05) is 47.5 Å². The van der Waals surface area contributed by atoms with Crippen LogP contribution in [0.1, 0.15) is 10.4 Å². The van der Waals surface area contributed by atoms with Crippen molar-refractivity contribution < 1.29 is 18.3 Å². The molecule has 3 aromatic rings. The molecule has 0 fully saturated rings. The first-order chi connectivity index (χ1) is 11.8. The fraction of sp³-hybridized carbons (Fsp3) is 0. The summed E-state index contributed by atoms with van der Waals surface area (Å²) in [5.74, 6) is -1.09. The van der Waals surface area contributed by atoms with Crippen molar-refractivity contribution in [3.63, 3.8) is 0 Å². The third-order valence-corrected chi connectivity index (χ3v) is 5.33. The molecule has 0 atom stereocenters. The van der Waals surface area contributed by atoms with Gasteiger partial charge in [0.25, 0.3) is 10.0 Å². The number of sulfonamides is 1. The van der Waals surface area contributed by atoms with Gasteiger partial charge in [0, 0.05) is 15.4 Å². The van der Waals surface area contributed by atoms with Gasteiger partial charge in [0.1, 0.15) is 0 Å². The molecule has 0 saturated heterocycles. The predicted molar refractivity (Wildman–Crippen MR) is 98.2 cm³/mol. The highest BCUT2D eigenvalue weighted by molar-refractivity contribution is 7.92. The van der Waals surface area contributed by atoms with Gasteiger partial charge in [0.2, 0.25) is 0 Å². The zero-order valence-corrected chi connectivity index (χ0v) is 14.9. The molecule has 0 spiro atoms.